The Morgan fingerprint density at radius 2 is 1.96 bits per heavy atom. The molecule has 2 aromatic heterocycles. The molecule has 1 aromatic carbocycles. The highest BCUT2D eigenvalue weighted by Gasteiger charge is 2.37. The van der Waals surface area contributed by atoms with E-state index in [1.54, 1.807) is 18.7 Å². The molecule has 244 valence electrons. The molecule has 46 heavy (non-hydrogen) atoms. The lowest BCUT2D eigenvalue weighted by atomic mass is 9.81. The van der Waals surface area contributed by atoms with Gasteiger partial charge in [-0.1, -0.05) is 17.8 Å². The highest BCUT2D eigenvalue weighted by atomic mass is 19.1. The molecular weight excluding hydrogens is 601 g/mol. The second-order valence-electron chi connectivity index (χ2n) is 12.3. The van der Waals surface area contributed by atoms with Crippen molar-refractivity contribution >= 4 is 5.91 Å². The number of ether oxygens (including phenoxy) is 2. The lowest BCUT2D eigenvalue weighted by Crippen LogP contribution is -2.48. The highest BCUT2D eigenvalue weighted by molar-refractivity contribution is 5.87. The van der Waals surface area contributed by atoms with Gasteiger partial charge in [0, 0.05) is 49.6 Å². The van der Waals surface area contributed by atoms with Crippen LogP contribution in [0.15, 0.2) is 47.5 Å². The standard InChI is InChI=1S/C33H37F3N6O4/c1-6-30(43)42-13-11-22(15-21(42)10-12-37)45-29-17-28(44-19(2)26-14-20(34)18-41(26)5)38-32(39-29)25-16-27(46-40-25)33(3,4)31-23(35)8-7-9-24(31)36/h6-9,16-17,19-22,26H,1,10-11,13-15,18H2,2-5H3/t19-,20-,21+,22-,26-/m0/s1. The fourth-order valence-corrected chi connectivity index (χ4v) is 6.31. The smallest absolute Gasteiger partial charge is 0.246 e. The Hall–Kier alpha value is -4.44. The third kappa shape index (κ3) is 6.87. The Balaban J connectivity index is 1.46. The summed E-state index contributed by atoms with van der Waals surface area (Å²) in [5, 5.41) is 13.5. The third-order valence-corrected chi connectivity index (χ3v) is 8.76. The van der Waals surface area contributed by atoms with Crippen molar-refractivity contribution < 1.29 is 32.0 Å². The van der Waals surface area contributed by atoms with E-state index < -0.39 is 29.3 Å². The molecule has 0 bridgehead atoms. The van der Waals surface area contributed by atoms with Gasteiger partial charge in [-0.2, -0.15) is 15.2 Å². The molecule has 2 fully saturated rings. The van der Waals surface area contributed by atoms with E-state index in [2.05, 4.69) is 27.8 Å². The zero-order valence-electron chi connectivity index (χ0n) is 26.3. The Bertz CT molecular complexity index is 1600. The van der Waals surface area contributed by atoms with Gasteiger partial charge >= 0.3 is 0 Å². The largest absolute Gasteiger partial charge is 0.474 e. The van der Waals surface area contributed by atoms with Gasteiger partial charge in [-0.25, -0.2) is 13.2 Å². The number of likely N-dealkylation sites (N-methyl/N-ethyl adjacent to an activating group) is 1. The van der Waals surface area contributed by atoms with Crippen LogP contribution < -0.4 is 9.47 Å². The molecule has 2 aliphatic rings. The van der Waals surface area contributed by atoms with Gasteiger partial charge in [0.2, 0.25) is 17.7 Å². The lowest BCUT2D eigenvalue weighted by Gasteiger charge is -2.37. The third-order valence-electron chi connectivity index (χ3n) is 8.76. The van der Waals surface area contributed by atoms with Gasteiger partial charge < -0.3 is 18.9 Å². The number of hydrogen-bond acceptors (Lipinski definition) is 9. The summed E-state index contributed by atoms with van der Waals surface area (Å²) >= 11 is 0. The van der Waals surface area contributed by atoms with Crippen LogP contribution in [0.2, 0.25) is 0 Å². The molecule has 5 rings (SSSR count). The average Bonchev–Trinajstić information content (AvgIpc) is 3.64. The average molecular weight is 639 g/mol. The van der Waals surface area contributed by atoms with Crippen molar-refractivity contribution in [2.75, 3.05) is 20.1 Å². The SMILES string of the molecule is C=CC(=O)N1CC[C@H](Oc2cc(O[C@@H](C)[C@@H]3C[C@H](F)CN3C)nc(-c3cc(C(C)(C)c4c(F)cccc4F)on3)n2)C[C@H]1CC#N. The van der Waals surface area contributed by atoms with E-state index >= 15 is 0 Å². The van der Waals surface area contributed by atoms with E-state index in [0.29, 0.717) is 32.4 Å². The van der Waals surface area contributed by atoms with Crippen molar-refractivity contribution in [3.63, 3.8) is 0 Å². The van der Waals surface area contributed by atoms with Crippen LogP contribution in [-0.4, -0.2) is 81.4 Å². The van der Waals surface area contributed by atoms with Gasteiger partial charge in [0.25, 0.3) is 0 Å². The zero-order valence-corrected chi connectivity index (χ0v) is 26.3. The van der Waals surface area contributed by atoms with Crippen LogP contribution in [0.4, 0.5) is 13.2 Å². The molecule has 5 atom stereocenters. The van der Waals surface area contributed by atoms with Gasteiger partial charge in [-0.3, -0.25) is 9.69 Å². The number of benzene rings is 1. The maximum atomic E-state index is 14.7. The van der Waals surface area contributed by atoms with Crippen molar-refractivity contribution in [1.29, 1.82) is 5.26 Å². The van der Waals surface area contributed by atoms with Crippen LogP contribution >= 0.6 is 0 Å². The quantitative estimate of drug-likeness (QED) is 0.270. The maximum Gasteiger partial charge on any atom is 0.246 e. The van der Waals surface area contributed by atoms with E-state index in [0.717, 1.165) is 0 Å². The maximum absolute atomic E-state index is 14.7. The molecule has 3 aromatic rings. The fraction of sp³-hybridized carbons (Fsp3) is 0.485. The molecule has 0 saturated carbocycles. The molecular formula is C33H37F3N6O4. The molecule has 2 saturated heterocycles. The minimum absolute atomic E-state index is 0.0792. The van der Waals surface area contributed by atoms with Crippen molar-refractivity contribution in [2.45, 2.75) is 82.3 Å². The first-order valence-corrected chi connectivity index (χ1v) is 15.2. The molecule has 0 N–H and O–H groups in total. The number of hydrogen-bond donors (Lipinski definition) is 0. The van der Waals surface area contributed by atoms with Gasteiger partial charge in [0.15, 0.2) is 11.5 Å². The van der Waals surface area contributed by atoms with Crippen molar-refractivity contribution in [2.24, 2.45) is 0 Å². The van der Waals surface area contributed by atoms with Crippen molar-refractivity contribution in [3.8, 4) is 29.3 Å². The molecule has 0 unspecified atom stereocenters. The first kappa shape index (κ1) is 32.9. The number of amides is 1. The number of alkyl halides is 1. The fourth-order valence-electron chi connectivity index (χ4n) is 6.31. The predicted molar refractivity (Wildman–Crippen MR) is 162 cm³/mol. The molecule has 13 heteroatoms. The lowest BCUT2D eigenvalue weighted by molar-refractivity contribution is -0.130. The highest BCUT2D eigenvalue weighted by Crippen LogP contribution is 2.37. The second kappa shape index (κ2) is 13.5. The van der Waals surface area contributed by atoms with Gasteiger partial charge in [-0.05, 0) is 52.4 Å². The van der Waals surface area contributed by atoms with Crippen LogP contribution in [0.5, 0.6) is 11.8 Å². The van der Waals surface area contributed by atoms with Crippen LogP contribution in [-0.2, 0) is 10.2 Å². The number of carbonyl (C=O) groups is 1. The van der Waals surface area contributed by atoms with Crippen molar-refractivity contribution in [1.82, 2.24) is 24.9 Å². The summed E-state index contributed by atoms with van der Waals surface area (Å²) in [5.41, 5.74) is -1.22. The van der Waals surface area contributed by atoms with E-state index in [-0.39, 0.29) is 65.1 Å². The van der Waals surface area contributed by atoms with Crippen LogP contribution in [0.3, 0.4) is 0 Å². The van der Waals surface area contributed by atoms with Crippen molar-refractivity contribution in [3.05, 3.63) is 65.9 Å². The Morgan fingerprint density at radius 3 is 2.61 bits per heavy atom. The Morgan fingerprint density at radius 1 is 1.24 bits per heavy atom. The van der Waals surface area contributed by atoms with Crippen LogP contribution in [0, 0.1) is 23.0 Å². The molecule has 1 amide bonds. The zero-order chi connectivity index (χ0) is 33.2. The van der Waals surface area contributed by atoms with Gasteiger partial charge in [0.1, 0.15) is 35.8 Å². The molecule has 0 spiro atoms. The normalized spacial score (nSPS) is 22.7. The number of nitriles is 1. The van der Waals surface area contributed by atoms with E-state index in [9.17, 15) is 23.2 Å². The Kier molecular flexibility index (Phi) is 9.67. The van der Waals surface area contributed by atoms with E-state index in [4.69, 9.17) is 14.0 Å². The summed E-state index contributed by atoms with van der Waals surface area (Å²) in [7, 11) is 1.84. The number of piperidine rings is 1. The first-order chi connectivity index (χ1) is 21.9. The predicted octanol–water partition coefficient (Wildman–Crippen LogP) is 5.38. The Labute approximate surface area is 265 Å². The monoisotopic (exact) mass is 638 g/mol. The minimum Gasteiger partial charge on any atom is -0.474 e. The summed E-state index contributed by atoms with van der Waals surface area (Å²) in [5.74, 6) is -1.12. The van der Waals surface area contributed by atoms with Crippen LogP contribution in [0.25, 0.3) is 11.5 Å². The molecule has 4 heterocycles. The number of carbonyl (C=O) groups excluding carboxylic acids is 1. The number of rotatable bonds is 10. The summed E-state index contributed by atoms with van der Waals surface area (Å²) in [6.45, 7) is 9.30. The second-order valence-corrected chi connectivity index (χ2v) is 12.3. The summed E-state index contributed by atoms with van der Waals surface area (Å²) in [6, 6.07) is 8.27. The number of nitrogens with zero attached hydrogens (tertiary/aromatic N) is 6. The summed E-state index contributed by atoms with van der Waals surface area (Å²) in [6.07, 6.45) is 0.760. The molecule has 0 radical (unpaired) electrons. The van der Waals surface area contributed by atoms with Gasteiger partial charge in [-0.15, -0.1) is 0 Å². The van der Waals surface area contributed by atoms with E-state index in [1.165, 1.54) is 36.4 Å². The topological polar surface area (TPSA) is 118 Å². The molecule has 10 nitrogen and oxygen atoms in total. The number of aromatic nitrogens is 3. The van der Waals surface area contributed by atoms with Gasteiger partial charge in [0.05, 0.1) is 24.0 Å². The summed E-state index contributed by atoms with van der Waals surface area (Å²) in [4.78, 5) is 25.0. The molecule has 2 aliphatic heterocycles. The summed E-state index contributed by atoms with van der Waals surface area (Å²) < 4.78 is 61.7. The number of likely N-dealkylation sites (tertiary alicyclic amines) is 2. The van der Waals surface area contributed by atoms with Crippen LogP contribution in [0.1, 0.15) is 57.8 Å². The first-order valence-electron chi connectivity index (χ1n) is 15.2. The molecule has 0 aliphatic carbocycles. The number of halogens is 3. The minimum atomic E-state index is -1.23. The van der Waals surface area contributed by atoms with E-state index in [1.807, 2.05) is 18.9 Å².